The average molecular weight is 291 g/mol. The van der Waals surface area contributed by atoms with Crippen LogP contribution in [0.3, 0.4) is 0 Å². The summed E-state index contributed by atoms with van der Waals surface area (Å²) in [6, 6.07) is 6.68. The van der Waals surface area contributed by atoms with Crippen LogP contribution in [-0.4, -0.2) is 34.7 Å². The maximum Gasteiger partial charge on any atom is 0.123 e. The number of hydrogen-bond acceptors (Lipinski definition) is 2. The van der Waals surface area contributed by atoms with Crippen LogP contribution in [0.4, 0.5) is 4.39 Å². The molecule has 21 heavy (non-hydrogen) atoms. The lowest BCUT2D eigenvalue weighted by molar-refractivity contribution is -0.0381. The van der Waals surface area contributed by atoms with E-state index in [1.165, 1.54) is 38.2 Å². The highest BCUT2D eigenvalue weighted by atomic mass is 19.1. The van der Waals surface area contributed by atoms with Crippen molar-refractivity contribution >= 4 is 0 Å². The molecular formula is C18H26FNO. The van der Waals surface area contributed by atoms with Crippen molar-refractivity contribution in [3.8, 4) is 0 Å². The number of rotatable bonds is 4. The van der Waals surface area contributed by atoms with E-state index in [2.05, 4.69) is 4.90 Å². The summed E-state index contributed by atoms with van der Waals surface area (Å²) in [5, 5.41) is 10.9. The number of likely N-dealkylation sites (tertiary alicyclic amines) is 1. The van der Waals surface area contributed by atoms with Crippen molar-refractivity contribution in [2.45, 2.75) is 63.0 Å². The second-order valence-corrected chi connectivity index (χ2v) is 6.71. The van der Waals surface area contributed by atoms with E-state index in [4.69, 9.17) is 0 Å². The molecular weight excluding hydrogens is 265 g/mol. The number of aliphatic hydroxyl groups excluding tert-OH is 1. The Bertz CT molecular complexity index is 464. The van der Waals surface area contributed by atoms with Gasteiger partial charge in [0, 0.05) is 12.0 Å². The van der Waals surface area contributed by atoms with Crippen LogP contribution in [0, 0.1) is 5.82 Å². The Hall–Kier alpha value is -0.930. The van der Waals surface area contributed by atoms with Gasteiger partial charge >= 0.3 is 0 Å². The normalized spacial score (nSPS) is 24.1. The Balaban J connectivity index is 1.76. The first kappa shape index (κ1) is 15.0. The lowest BCUT2D eigenvalue weighted by atomic mass is 9.83. The fraction of sp³-hybridized carbons (Fsp3) is 0.667. The second kappa shape index (κ2) is 6.45. The zero-order chi connectivity index (χ0) is 14.7. The van der Waals surface area contributed by atoms with Crippen LogP contribution >= 0.6 is 0 Å². The van der Waals surface area contributed by atoms with E-state index in [0.717, 1.165) is 31.5 Å². The minimum Gasteiger partial charge on any atom is -0.391 e. The molecule has 2 nitrogen and oxygen atoms in total. The number of nitrogens with zero attached hydrogens (tertiary/aromatic N) is 1. The zero-order valence-electron chi connectivity index (χ0n) is 12.7. The topological polar surface area (TPSA) is 23.5 Å². The third-order valence-corrected chi connectivity index (χ3v) is 5.39. The van der Waals surface area contributed by atoms with Crippen molar-refractivity contribution in [1.29, 1.82) is 0 Å². The first-order chi connectivity index (χ1) is 10.2. The molecule has 1 saturated carbocycles. The molecule has 116 valence electrons. The number of aliphatic hydroxyl groups is 1. The van der Waals surface area contributed by atoms with Crippen molar-refractivity contribution in [3.05, 3.63) is 35.6 Å². The van der Waals surface area contributed by atoms with Crippen LogP contribution in [0.5, 0.6) is 0 Å². The monoisotopic (exact) mass is 291 g/mol. The summed E-state index contributed by atoms with van der Waals surface area (Å²) >= 11 is 0. The predicted molar refractivity (Wildman–Crippen MR) is 82.7 cm³/mol. The van der Waals surface area contributed by atoms with Gasteiger partial charge in [-0.15, -0.1) is 0 Å². The van der Waals surface area contributed by atoms with Crippen molar-refractivity contribution in [3.63, 3.8) is 0 Å². The Labute approximate surface area is 127 Å². The Morgan fingerprint density at radius 1 is 1.10 bits per heavy atom. The molecule has 1 aromatic rings. The molecule has 1 aliphatic carbocycles. The fourth-order valence-corrected chi connectivity index (χ4v) is 4.26. The van der Waals surface area contributed by atoms with Gasteiger partial charge in [-0.1, -0.05) is 31.4 Å². The molecule has 1 aromatic carbocycles. The lowest BCUT2D eigenvalue weighted by Crippen LogP contribution is -2.57. The molecule has 0 spiro atoms. The van der Waals surface area contributed by atoms with Gasteiger partial charge in [0.25, 0.3) is 0 Å². The van der Waals surface area contributed by atoms with Crippen molar-refractivity contribution in [2.75, 3.05) is 13.1 Å². The summed E-state index contributed by atoms with van der Waals surface area (Å²) in [6.45, 7) is 2.22. The molecule has 1 N–H and O–H groups in total. The van der Waals surface area contributed by atoms with Gasteiger partial charge in [0.2, 0.25) is 0 Å². The molecule has 2 aliphatic rings. The average Bonchev–Trinajstić information content (AvgIpc) is 2.99. The van der Waals surface area contributed by atoms with Gasteiger partial charge in [0.1, 0.15) is 5.82 Å². The second-order valence-electron chi connectivity index (χ2n) is 6.71. The summed E-state index contributed by atoms with van der Waals surface area (Å²) < 4.78 is 13.4. The van der Waals surface area contributed by atoms with E-state index in [1.807, 2.05) is 6.07 Å². The van der Waals surface area contributed by atoms with Gasteiger partial charge in [-0.2, -0.15) is 0 Å². The van der Waals surface area contributed by atoms with Gasteiger partial charge < -0.3 is 5.11 Å². The van der Waals surface area contributed by atoms with Gasteiger partial charge in [0.15, 0.2) is 0 Å². The number of hydrogen-bond donors (Lipinski definition) is 1. The van der Waals surface area contributed by atoms with Crippen molar-refractivity contribution in [2.24, 2.45) is 0 Å². The third-order valence-electron chi connectivity index (χ3n) is 5.39. The zero-order valence-corrected chi connectivity index (χ0v) is 12.7. The van der Waals surface area contributed by atoms with E-state index < -0.39 is 0 Å². The Morgan fingerprint density at radius 3 is 2.48 bits per heavy atom. The smallest absolute Gasteiger partial charge is 0.123 e. The first-order valence-electron chi connectivity index (χ1n) is 8.38. The molecule has 0 aromatic heterocycles. The highest BCUT2D eigenvalue weighted by Gasteiger charge is 2.45. The summed E-state index contributed by atoms with van der Waals surface area (Å²) in [5.41, 5.74) is 0.845. The molecule has 1 unspecified atom stereocenters. The van der Waals surface area contributed by atoms with Crippen LogP contribution in [0.25, 0.3) is 0 Å². The Kier molecular flexibility index (Phi) is 4.60. The molecule has 3 rings (SSSR count). The van der Waals surface area contributed by atoms with E-state index in [-0.39, 0.29) is 17.5 Å². The van der Waals surface area contributed by atoms with E-state index >= 15 is 0 Å². The van der Waals surface area contributed by atoms with Crippen molar-refractivity contribution < 1.29 is 9.50 Å². The molecule has 0 radical (unpaired) electrons. The molecule has 2 fully saturated rings. The van der Waals surface area contributed by atoms with Gasteiger partial charge in [0.05, 0.1) is 6.10 Å². The van der Waals surface area contributed by atoms with E-state index in [1.54, 1.807) is 12.1 Å². The van der Waals surface area contributed by atoms with Crippen LogP contribution < -0.4 is 0 Å². The number of halogens is 1. The summed E-state index contributed by atoms with van der Waals surface area (Å²) in [5.74, 6) is -0.210. The highest BCUT2D eigenvalue weighted by Crippen LogP contribution is 2.40. The minimum atomic E-state index is -0.389. The van der Waals surface area contributed by atoms with Crippen LogP contribution in [0.2, 0.25) is 0 Å². The minimum absolute atomic E-state index is 0.0628. The van der Waals surface area contributed by atoms with Crippen molar-refractivity contribution in [1.82, 2.24) is 4.90 Å². The van der Waals surface area contributed by atoms with Crippen LogP contribution in [0.15, 0.2) is 24.3 Å². The standard InChI is InChI=1S/C18H26FNO/c19-16-8-6-7-15(13-16)14-17(21)18(9-2-3-10-18)20-11-4-1-5-12-20/h6-8,13,17,21H,1-5,9-12,14H2. The van der Waals surface area contributed by atoms with Gasteiger partial charge in [-0.3, -0.25) is 4.90 Å². The lowest BCUT2D eigenvalue weighted by Gasteiger charge is -2.46. The molecule has 1 saturated heterocycles. The van der Waals surface area contributed by atoms with Gasteiger partial charge in [-0.25, -0.2) is 4.39 Å². The quantitative estimate of drug-likeness (QED) is 0.917. The molecule has 1 heterocycles. The third kappa shape index (κ3) is 3.14. The number of benzene rings is 1. The van der Waals surface area contributed by atoms with Crippen LogP contribution in [-0.2, 0) is 6.42 Å². The van der Waals surface area contributed by atoms with E-state index in [0.29, 0.717) is 6.42 Å². The maximum absolute atomic E-state index is 13.4. The Morgan fingerprint density at radius 2 is 1.81 bits per heavy atom. The van der Waals surface area contributed by atoms with E-state index in [9.17, 15) is 9.50 Å². The van der Waals surface area contributed by atoms with Gasteiger partial charge in [-0.05, 0) is 56.5 Å². The summed E-state index contributed by atoms with van der Waals surface area (Å²) in [4.78, 5) is 2.54. The number of piperidine rings is 1. The molecule has 1 atom stereocenters. The highest BCUT2D eigenvalue weighted by molar-refractivity contribution is 5.19. The summed E-state index contributed by atoms with van der Waals surface area (Å²) in [6.07, 6.45) is 8.56. The largest absolute Gasteiger partial charge is 0.391 e. The molecule has 0 amide bonds. The molecule has 0 bridgehead atoms. The predicted octanol–water partition coefficient (Wildman–Crippen LogP) is 3.53. The first-order valence-corrected chi connectivity index (χ1v) is 8.38. The SMILES string of the molecule is OC(Cc1cccc(F)c1)C1(N2CCCCC2)CCCC1. The van der Waals surface area contributed by atoms with Crippen LogP contribution in [0.1, 0.15) is 50.5 Å². The maximum atomic E-state index is 13.4. The fourth-order valence-electron chi connectivity index (χ4n) is 4.26. The summed E-state index contributed by atoms with van der Waals surface area (Å²) in [7, 11) is 0. The molecule has 3 heteroatoms. The molecule has 1 aliphatic heterocycles.